The van der Waals surface area contributed by atoms with E-state index in [9.17, 15) is 4.39 Å². The Hall–Kier alpha value is -1.78. The number of thiazole rings is 1. The molecule has 0 bridgehead atoms. The molecule has 3 rings (SSSR count). The van der Waals surface area contributed by atoms with Crippen LogP contribution in [0.4, 0.5) is 4.39 Å². The van der Waals surface area contributed by atoms with Crippen molar-refractivity contribution >= 4 is 23.6 Å². The average Bonchev–Trinajstić information content (AvgIpc) is 2.83. The van der Waals surface area contributed by atoms with Crippen molar-refractivity contribution < 1.29 is 4.39 Å². The summed E-state index contributed by atoms with van der Waals surface area (Å²) in [6.07, 6.45) is 0. The summed E-state index contributed by atoms with van der Waals surface area (Å²) in [5.41, 5.74) is 3.04. The molecule has 0 amide bonds. The Morgan fingerprint density at radius 1 is 0.895 bits per heavy atom. The van der Waals surface area contributed by atoms with Gasteiger partial charge in [-0.25, -0.2) is 4.39 Å². The van der Waals surface area contributed by atoms with Gasteiger partial charge in [0.15, 0.2) is 3.95 Å². The number of benzene rings is 2. The molecule has 1 aromatic heterocycles. The molecule has 19 heavy (non-hydrogen) atoms. The number of rotatable bonds is 2. The van der Waals surface area contributed by atoms with Crippen molar-refractivity contribution in [2.24, 2.45) is 0 Å². The molecular weight excluding hydrogens is 277 g/mol. The van der Waals surface area contributed by atoms with Gasteiger partial charge in [-0.15, -0.1) is 11.3 Å². The molecule has 0 unspecified atom stereocenters. The molecule has 0 spiro atoms. The van der Waals surface area contributed by atoms with Crippen LogP contribution in [0, 0.1) is 9.77 Å². The van der Waals surface area contributed by atoms with Gasteiger partial charge in [-0.2, -0.15) is 0 Å². The van der Waals surface area contributed by atoms with E-state index in [1.165, 1.54) is 23.5 Å². The summed E-state index contributed by atoms with van der Waals surface area (Å²) in [5.74, 6) is -0.232. The van der Waals surface area contributed by atoms with Crippen molar-refractivity contribution in [1.29, 1.82) is 0 Å². The highest BCUT2D eigenvalue weighted by atomic mass is 32.1. The van der Waals surface area contributed by atoms with Crippen LogP contribution < -0.4 is 0 Å². The standard InChI is InChI=1S/C15H10FNS2/c16-12-8-6-11(7-9-12)14-13(17-15(18)19-14)10-4-2-1-3-5-10/h1-9H,(H,17,18). The molecule has 0 aliphatic rings. The van der Waals surface area contributed by atoms with Crippen molar-refractivity contribution in [2.45, 2.75) is 0 Å². The van der Waals surface area contributed by atoms with Gasteiger partial charge in [0.1, 0.15) is 5.82 Å². The second-order valence-electron chi connectivity index (χ2n) is 4.09. The van der Waals surface area contributed by atoms with Gasteiger partial charge in [-0.05, 0) is 35.5 Å². The van der Waals surface area contributed by atoms with Crippen LogP contribution in [0.3, 0.4) is 0 Å². The molecule has 0 saturated carbocycles. The van der Waals surface area contributed by atoms with Crippen LogP contribution in [0.2, 0.25) is 0 Å². The van der Waals surface area contributed by atoms with Crippen LogP contribution in [0.15, 0.2) is 54.6 Å². The minimum Gasteiger partial charge on any atom is -0.336 e. The van der Waals surface area contributed by atoms with Crippen LogP contribution >= 0.6 is 23.6 Å². The van der Waals surface area contributed by atoms with E-state index in [0.717, 1.165) is 25.7 Å². The summed E-state index contributed by atoms with van der Waals surface area (Å²) in [6.45, 7) is 0. The smallest absolute Gasteiger partial charge is 0.159 e. The minimum atomic E-state index is -0.232. The predicted octanol–water partition coefficient (Wildman–Crippen LogP) is 5.28. The maximum atomic E-state index is 13.0. The van der Waals surface area contributed by atoms with E-state index in [0.29, 0.717) is 0 Å². The van der Waals surface area contributed by atoms with Crippen LogP contribution in [-0.4, -0.2) is 4.98 Å². The third kappa shape index (κ3) is 2.50. The molecule has 0 atom stereocenters. The first kappa shape index (κ1) is 12.3. The monoisotopic (exact) mass is 287 g/mol. The summed E-state index contributed by atoms with van der Waals surface area (Å²) in [6, 6.07) is 16.5. The normalized spacial score (nSPS) is 10.6. The van der Waals surface area contributed by atoms with Crippen molar-refractivity contribution in [3.05, 3.63) is 64.4 Å². The summed E-state index contributed by atoms with van der Waals surface area (Å²) < 4.78 is 13.7. The summed E-state index contributed by atoms with van der Waals surface area (Å²) in [5, 5.41) is 0. The van der Waals surface area contributed by atoms with Gasteiger partial charge >= 0.3 is 0 Å². The van der Waals surface area contributed by atoms with Gasteiger partial charge in [0, 0.05) is 0 Å². The zero-order chi connectivity index (χ0) is 13.2. The van der Waals surface area contributed by atoms with E-state index in [1.54, 1.807) is 12.1 Å². The summed E-state index contributed by atoms with van der Waals surface area (Å²) in [4.78, 5) is 4.25. The SMILES string of the molecule is Fc1ccc(-c2sc(=S)[nH]c2-c2ccccc2)cc1. The van der Waals surface area contributed by atoms with Crippen LogP contribution in [0.1, 0.15) is 0 Å². The fourth-order valence-electron chi connectivity index (χ4n) is 1.94. The van der Waals surface area contributed by atoms with Gasteiger partial charge in [-0.1, -0.05) is 42.5 Å². The number of hydrogen-bond acceptors (Lipinski definition) is 2. The molecule has 0 aliphatic carbocycles. The van der Waals surface area contributed by atoms with E-state index in [4.69, 9.17) is 12.2 Å². The van der Waals surface area contributed by atoms with Crippen molar-refractivity contribution in [3.63, 3.8) is 0 Å². The molecule has 1 nitrogen and oxygen atoms in total. The highest BCUT2D eigenvalue weighted by molar-refractivity contribution is 7.73. The number of hydrogen-bond donors (Lipinski definition) is 1. The highest BCUT2D eigenvalue weighted by Gasteiger charge is 2.10. The van der Waals surface area contributed by atoms with E-state index >= 15 is 0 Å². The number of H-pyrrole nitrogens is 1. The van der Waals surface area contributed by atoms with Crippen LogP contribution in [0.25, 0.3) is 21.7 Å². The average molecular weight is 287 g/mol. The van der Waals surface area contributed by atoms with Crippen LogP contribution in [0.5, 0.6) is 0 Å². The molecular formula is C15H10FNS2. The Bertz CT molecular complexity index is 742. The maximum Gasteiger partial charge on any atom is 0.159 e. The summed E-state index contributed by atoms with van der Waals surface area (Å²) in [7, 11) is 0. The van der Waals surface area contributed by atoms with Crippen LogP contribution in [-0.2, 0) is 0 Å². The fourth-order valence-corrected chi connectivity index (χ4v) is 3.16. The first-order chi connectivity index (χ1) is 9.24. The molecule has 4 heteroatoms. The Kier molecular flexibility index (Phi) is 3.27. The molecule has 2 aromatic carbocycles. The molecule has 3 aromatic rings. The lowest BCUT2D eigenvalue weighted by atomic mass is 10.1. The predicted molar refractivity (Wildman–Crippen MR) is 80.3 cm³/mol. The third-order valence-electron chi connectivity index (χ3n) is 2.82. The van der Waals surface area contributed by atoms with Crippen molar-refractivity contribution in [1.82, 2.24) is 4.98 Å². The van der Waals surface area contributed by atoms with Gasteiger partial charge < -0.3 is 4.98 Å². The first-order valence-corrected chi connectivity index (χ1v) is 7.01. The lowest BCUT2D eigenvalue weighted by Gasteiger charge is -2.03. The van der Waals surface area contributed by atoms with E-state index < -0.39 is 0 Å². The quantitative estimate of drug-likeness (QED) is 0.634. The van der Waals surface area contributed by atoms with Gasteiger partial charge in [0.25, 0.3) is 0 Å². The minimum absolute atomic E-state index is 0.232. The van der Waals surface area contributed by atoms with E-state index in [1.807, 2.05) is 30.3 Å². The van der Waals surface area contributed by atoms with E-state index in [2.05, 4.69) is 4.98 Å². The third-order valence-corrected chi connectivity index (χ3v) is 4.10. The fraction of sp³-hybridized carbons (Fsp3) is 0. The zero-order valence-corrected chi connectivity index (χ0v) is 11.5. The molecule has 0 saturated heterocycles. The van der Waals surface area contributed by atoms with E-state index in [-0.39, 0.29) is 5.82 Å². The number of aromatic amines is 1. The first-order valence-electron chi connectivity index (χ1n) is 5.78. The molecule has 0 radical (unpaired) electrons. The lowest BCUT2D eigenvalue weighted by Crippen LogP contribution is -1.82. The van der Waals surface area contributed by atoms with Crippen molar-refractivity contribution in [3.8, 4) is 21.7 Å². The molecule has 0 fully saturated rings. The maximum absolute atomic E-state index is 13.0. The van der Waals surface area contributed by atoms with Crippen molar-refractivity contribution in [2.75, 3.05) is 0 Å². The summed E-state index contributed by atoms with van der Waals surface area (Å²) >= 11 is 6.74. The van der Waals surface area contributed by atoms with Gasteiger partial charge in [0.05, 0.1) is 10.6 Å². The van der Waals surface area contributed by atoms with Gasteiger partial charge in [-0.3, -0.25) is 0 Å². The number of aromatic nitrogens is 1. The second-order valence-corrected chi connectivity index (χ2v) is 5.78. The molecule has 0 aliphatic heterocycles. The Balaban J connectivity index is 2.17. The van der Waals surface area contributed by atoms with Gasteiger partial charge in [0.2, 0.25) is 0 Å². The molecule has 1 heterocycles. The second kappa shape index (κ2) is 5.07. The topological polar surface area (TPSA) is 15.8 Å². The number of halogens is 1. The largest absolute Gasteiger partial charge is 0.336 e. The Morgan fingerprint density at radius 3 is 2.26 bits per heavy atom. The Morgan fingerprint density at radius 2 is 1.58 bits per heavy atom. The highest BCUT2D eigenvalue weighted by Crippen LogP contribution is 2.35. The zero-order valence-electron chi connectivity index (χ0n) is 9.89. The number of nitrogens with one attached hydrogen (secondary N) is 1. The lowest BCUT2D eigenvalue weighted by molar-refractivity contribution is 0.628. The Labute approximate surface area is 119 Å². The molecule has 94 valence electrons. The molecule has 1 N–H and O–H groups in total.